The van der Waals surface area contributed by atoms with Gasteiger partial charge in [0, 0.05) is 24.2 Å². The molecule has 0 unspecified atom stereocenters. The Kier molecular flexibility index (Phi) is 4.42. The molecule has 0 spiro atoms. The molecule has 0 aromatic carbocycles. The van der Waals surface area contributed by atoms with Gasteiger partial charge in [0.1, 0.15) is 0 Å². The molecule has 4 nitrogen and oxygen atoms in total. The van der Waals surface area contributed by atoms with Crippen molar-refractivity contribution in [3.8, 4) is 0 Å². The number of nitrogens with zero attached hydrogens (tertiary/aromatic N) is 2. The van der Waals surface area contributed by atoms with Crippen molar-refractivity contribution < 1.29 is 9.90 Å². The zero-order valence-corrected chi connectivity index (χ0v) is 11.4. The Labute approximate surface area is 109 Å². The molecule has 1 fully saturated rings. The number of aliphatic hydroxyl groups is 1. The Morgan fingerprint density at radius 1 is 1.76 bits per heavy atom. The van der Waals surface area contributed by atoms with Gasteiger partial charge in [-0.3, -0.25) is 4.79 Å². The van der Waals surface area contributed by atoms with Crippen LogP contribution in [-0.4, -0.2) is 45.8 Å². The normalized spacial score (nSPS) is 19.9. The second-order valence-corrected chi connectivity index (χ2v) is 6.18. The summed E-state index contributed by atoms with van der Waals surface area (Å²) < 4.78 is 0. The number of aryl methyl sites for hydroxylation is 1. The second-order valence-electron chi connectivity index (χ2n) is 4.13. The molecule has 1 aromatic rings. The lowest BCUT2D eigenvalue weighted by molar-refractivity contribution is -0.127. The van der Waals surface area contributed by atoms with Gasteiger partial charge in [-0.2, -0.15) is 0 Å². The Balaban J connectivity index is 1.70. The molecule has 1 aromatic heterocycles. The molecule has 1 N–H and O–H groups in total. The molecule has 0 aliphatic carbocycles. The lowest BCUT2D eigenvalue weighted by Gasteiger charge is -2.14. The molecular formula is C11H16N2O2S2. The van der Waals surface area contributed by atoms with Gasteiger partial charge in [-0.15, -0.1) is 23.1 Å². The largest absolute Gasteiger partial charge is 0.391 e. The van der Waals surface area contributed by atoms with Gasteiger partial charge in [-0.1, -0.05) is 0 Å². The summed E-state index contributed by atoms with van der Waals surface area (Å²) in [6.45, 7) is 3.17. The smallest absolute Gasteiger partial charge is 0.232 e. The number of carbonyl (C=O) groups excluding carboxylic acids is 1. The Morgan fingerprint density at radius 2 is 2.59 bits per heavy atom. The molecule has 17 heavy (non-hydrogen) atoms. The highest BCUT2D eigenvalue weighted by molar-refractivity contribution is 7.99. The van der Waals surface area contributed by atoms with Crippen LogP contribution in [0.25, 0.3) is 0 Å². The molecule has 1 aliphatic heterocycles. The fourth-order valence-corrected chi connectivity index (χ4v) is 3.31. The van der Waals surface area contributed by atoms with Crippen molar-refractivity contribution in [2.24, 2.45) is 0 Å². The molecule has 1 amide bonds. The first-order valence-electron chi connectivity index (χ1n) is 5.60. The fraction of sp³-hybridized carbons (Fsp3) is 0.636. The highest BCUT2D eigenvalue weighted by Crippen LogP contribution is 2.17. The maximum Gasteiger partial charge on any atom is 0.232 e. The van der Waals surface area contributed by atoms with Gasteiger partial charge in [0.25, 0.3) is 0 Å². The molecule has 2 rings (SSSR count). The van der Waals surface area contributed by atoms with Gasteiger partial charge in [0.15, 0.2) is 0 Å². The SMILES string of the molecule is Cc1nc(CSCC(=O)N2CC[C@@H](O)C2)cs1. The first-order valence-corrected chi connectivity index (χ1v) is 7.63. The number of aromatic nitrogens is 1. The third kappa shape index (κ3) is 3.69. The minimum Gasteiger partial charge on any atom is -0.391 e. The summed E-state index contributed by atoms with van der Waals surface area (Å²) >= 11 is 3.22. The van der Waals surface area contributed by atoms with Crippen LogP contribution in [0.3, 0.4) is 0 Å². The van der Waals surface area contributed by atoms with Crippen LogP contribution < -0.4 is 0 Å². The minimum absolute atomic E-state index is 0.124. The monoisotopic (exact) mass is 272 g/mol. The zero-order valence-electron chi connectivity index (χ0n) is 9.76. The molecule has 6 heteroatoms. The van der Waals surface area contributed by atoms with Crippen LogP contribution >= 0.6 is 23.1 Å². The maximum absolute atomic E-state index is 11.8. The quantitative estimate of drug-likeness (QED) is 0.897. The van der Waals surface area contributed by atoms with Crippen LogP contribution in [0.1, 0.15) is 17.1 Å². The first kappa shape index (κ1) is 12.9. The van der Waals surface area contributed by atoms with Crippen LogP contribution in [-0.2, 0) is 10.5 Å². The van der Waals surface area contributed by atoms with E-state index in [1.807, 2.05) is 12.3 Å². The minimum atomic E-state index is -0.329. The van der Waals surface area contributed by atoms with Crippen molar-refractivity contribution in [3.63, 3.8) is 0 Å². The number of rotatable bonds is 4. The summed E-state index contributed by atoms with van der Waals surface area (Å²) in [5.74, 6) is 1.38. The molecule has 0 bridgehead atoms. The number of hydrogen-bond donors (Lipinski definition) is 1. The third-order valence-electron chi connectivity index (χ3n) is 2.66. The second kappa shape index (κ2) is 5.84. The number of carbonyl (C=O) groups is 1. The van der Waals surface area contributed by atoms with E-state index in [2.05, 4.69) is 4.98 Å². The molecule has 0 saturated carbocycles. The van der Waals surface area contributed by atoms with Crippen molar-refractivity contribution in [1.82, 2.24) is 9.88 Å². The van der Waals surface area contributed by atoms with Crippen molar-refractivity contribution in [2.45, 2.75) is 25.2 Å². The fourth-order valence-electron chi connectivity index (χ4n) is 1.78. The maximum atomic E-state index is 11.8. The number of thiazole rings is 1. The van der Waals surface area contributed by atoms with Crippen LogP contribution in [0.4, 0.5) is 0 Å². The van der Waals surface area contributed by atoms with Crippen LogP contribution in [0, 0.1) is 6.92 Å². The molecule has 1 saturated heterocycles. The molecule has 1 atom stereocenters. The molecule has 94 valence electrons. The Morgan fingerprint density at radius 3 is 3.18 bits per heavy atom. The van der Waals surface area contributed by atoms with E-state index in [4.69, 9.17) is 0 Å². The van der Waals surface area contributed by atoms with E-state index < -0.39 is 0 Å². The van der Waals surface area contributed by atoms with E-state index in [-0.39, 0.29) is 12.0 Å². The molecule has 1 aliphatic rings. The van der Waals surface area contributed by atoms with Crippen molar-refractivity contribution >= 4 is 29.0 Å². The van der Waals surface area contributed by atoms with Gasteiger partial charge in [-0.25, -0.2) is 4.98 Å². The predicted octanol–water partition coefficient (Wildman–Crippen LogP) is 1.28. The van der Waals surface area contributed by atoms with Crippen molar-refractivity contribution in [3.05, 3.63) is 16.1 Å². The summed E-state index contributed by atoms with van der Waals surface area (Å²) in [5.41, 5.74) is 1.05. The highest BCUT2D eigenvalue weighted by Gasteiger charge is 2.23. The summed E-state index contributed by atoms with van der Waals surface area (Å²) in [6.07, 6.45) is 0.381. The van der Waals surface area contributed by atoms with Gasteiger partial charge in [0.2, 0.25) is 5.91 Å². The lowest BCUT2D eigenvalue weighted by atomic mass is 10.3. The van der Waals surface area contributed by atoms with Crippen LogP contribution in [0.15, 0.2) is 5.38 Å². The Hall–Kier alpha value is -0.590. The van der Waals surface area contributed by atoms with E-state index in [0.29, 0.717) is 25.3 Å². The zero-order chi connectivity index (χ0) is 12.3. The highest BCUT2D eigenvalue weighted by atomic mass is 32.2. The number of aliphatic hydroxyl groups excluding tert-OH is 1. The van der Waals surface area contributed by atoms with Gasteiger partial charge < -0.3 is 10.0 Å². The molecular weight excluding hydrogens is 256 g/mol. The summed E-state index contributed by atoms with van der Waals surface area (Å²) in [4.78, 5) is 17.9. The van der Waals surface area contributed by atoms with Gasteiger partial charge in [-0.05, 0) is 13.3 Å². The summed E-state index contributed by atoms with van der Waals surface area (Å²) in [7, 11) is 0. The number of amides is 1. The molecule has 2 heterocycles. The van der Waals surface area contributed by atoms with Crippen LogP contribution in [0.5, 0.6) is 0 Å². The van der Waals surface area contributed by atoms with E-state index in [0.717, 1.165) is 16.5 Å². The predicted molar refractivity (Wildman–Crippen MR) is 70.2 cm³/mol. The first-order chi connectivity index (χ1) is 8.15. The van der Waals surface area contributed by atoms with Gasteiger partial charge in [0.05, 0.1) is 22.6 Å². The van der Waals surface area contributed by atoms with E-state index in [1.165, 1.54) is 0 Å². The lowest BCUT2D eigenvalue weighted by Crippen LogP contribution is -2.31. The summed E-state index contributed by atoms with van der Waals surface area (Å²) in [5, 5.41) is 12.4. The number of hydrogen-bond acceptors (Lipinski definition) is 5. The average Bonchev–Trinajstić information content (AvgIpc) is 2.88. The number of β-amino-alcohol motifs (C(OH)–C–C–N with tert-alkyl or cyclic N) is 1. The van der Waals surface area contributed by atoms with Crippen molar-refractivity contribution in [2.75, 3.05) is 18.8 Å². The van der Waals surface area contributed by atoms with E-state index in [1.54, 1.807) is 28.0 Å². The van der Waals surface area contributed by atoms with E-state index >= 15 is 0 Å². The Bertz CT molecular complexity index is 395. The van der Waals surface area contributed by atoms with Crippen molar-refractivity contribution in [1.29, 1.82) is 0 Å². The third-order valence-corrected chi connectivity index (χ3v) is 4.43. The van der Waals surface area contributed by atoms with E-state index in [9.17, 15) is 9.90 Å². The summed E-state index contributed by atoms with van der Waals surface area (Å²) in [6, 6.07) is 0. The molecule has 0 radical (unpaired) electrons. The standard InChI is InChI=1S/C11H16N2O2S2/c1-8-12-9(6-17-8)5-16-7-11(15)13-3-2-10(14)4-13/h6,10,14H,2-5,7H2,1H3/t10-/m1/s1. The topological polar surface area (TPSA) is 53.4 Å². The van der Waals surface area contributed by atoms with Crippen LogP contribution in [0.2, 0.25) is 0 Å². The van der Waals surface area contributed by atoms with Gasteiger partial charge >= 0.3 is 0 Å². The average molecular weight is 272 g/mol. The number of likely N-dealkylation sites (tertiary alicyclic amines) is 1. The number of thioether (sulfide) groups is 1.